The Bertz CT molecular complexity index is 544. The van der Waals surface area contributed by atoms with Crippen LogP contribution < -0.4 is 4.74 Å². The molecule has 1 N–H and O–H groups in total. The first-order valence-electron chi connectivity index (χ1n) is 6.44. The summed E-state index contributed by atoms with van der Waals surface area (Å²) in [7, 11) is 1.66. The smallest absolute Gasteiger partial charge is 0.122 e. The van der Waals surface area contributed by atoms with Crippen LogP contribution in [0, 0.1) is 6.92 Å². The number of hydrogen-bond acceptors (Lipinski definition) is 2. The van der Waals surface area contributed by atoms with Gasteiger partial charge in [-0.25, -0.2) is 0 Å². The van der Waals surface area contributed by atoms with E-state index in [1.807, 2.05) is 56.3 Å². The highest BCUT2D eigenvalue weighted by Gasteiger charge is 2.24. The van der Waals surface area contributed by atoms with Gasteiger partial charge < -0.3 is 9.84 Å². The Morgan fingerprint density at radius 1 is 1.11 bits per heavy atom. The third-order valence-corrected chi connectivity index (χ3v) is 3.37. The fourth-order valence-electron chi connectivity index (χ4n) is 2.32. The lowest BCUT2D eigenvalue weighted by atomic mass is 9.88. The van der Waals surface area contributed by atoms with Gasteiger partial charge in [-0.3, -0.25) is 0 Å². The second-order valence-corrected chi connectivity index (χ2v) is 5.13. The highest BCUT2D eigenvalue weighted by molar-refractivity contribution is 5.39. The molecule has 19 heavy (non-hydrogen) atoms. The first-order valence-corrected chi connectivity index (χ1v) is 6.44. The Kier molecular flexibility index (Phi) is 3.91. The fourth-order valence-corrected chi connectivity index (χ4v) is 2.32. The molecule has 0 fully saturated rings. The summed E-state index contributed by atoms with van der Waals surface area (Å²) in [6.45, 7) is 3.88. The lowest BCUT2D eigenvalue weighted by Crippen LogP contribution is -2.24. The van der Waals surface area contributed by atoms with E-state index in [1.54, 1.807) is 7.11 Å². The zero-order valence-corrected chi connectivity index (χ0v) is 11.7. The van der Waals surface area contributed by atoms with Crippen LogP contribution in [0.25, 0.3) is 0 Å². The van der Waals surface area contributed by atoms with Crippen LogP contribution in [-0.4, -0.2) is 12.2 Å². The van der Waals surface area contributed by atoms with Gasteiger partial charge in [0.05, 0.1) is 12.7 Å². The Morgan fingerprint density at radius 2 is 1.79 bits per heavy atom. The summed E-state index contributed by atoms with van der Waals surface area (Å²) in [5.41, 5.74) is 2.21. The molecule has 2 aromatic carbocycles. The molecule has 2 rings (SSSR count). The minimum absolute atomic E-state index is 0.530. The fraction of sp³-hybridized carbons (Fsp3) is 0.294. The highest BCUT2D eigenvalue weighted by Crippen LogP contribution is 2.30. The monoisotopic (exact) mass is 256 g/mol. The zero-order valence-electron chi connectivity index (χ0n) is 11.7. The molecule has 2 aromatic rings. The summed E-state index contributed by atoms with van der Waals surface area (Å²) < 4.78 is 5.37. The summed E-state index contributed by atoms with van der Waals surface area (Å²) in [5.74, 6) is 0.821. The molecule has 100 valence electrons. The van der Waals surface area contributed by atoms with Crippen LogP contribution in [0.5, 0.6) is 5.75 Å². The standard InChI is InChI=1S/C17H20O2/c1-13-9-10-16(19-3)14(11-13)12-17(2,18)15-7-5-4-6-8-15/h4-11,18H,12H2,1-3H3. The van der Waals surface area contributed by atoms with Crippen LogP contribution in [0.4, 0.5) is 0 Å². The average Bonchev–Trinajstić information content (AvgIpc) is 2.39. The van der Waals surface area contributed by atoms with Crippen molar-refractivity contribution in [1.29, 1.82) is 0 Å². The summed E-state index contributed by atoms with van der Waals surface area (Å²) in [6, 6.07) is 15.8. The van der Waals surface area contributed by atoms with Crippen LogP contribution in [-0.2, 0) is 12.0 Å². The third kappa shape index (κ3) is 3.15. The van der Waals surface area contributed by atoms with Crippen LogP contribution in [0.1, 0.15) is 23.6 Å². The predicted molar refractivity (Wildman–Crippen MR) is 77.4 cm³/mol. The van der Waals surface area contributed by atoms with Gasteiger partial charge in [0.25, 0.3) is 0 Å². The van der Waals surface area contributed by atoms with Gasteiger partial charge in [0.15, 0.2) is 0 Å². The van der Waals surface area contributed by atoms with Crippen molar-refractivity contribution in [3.63, 3.8) is 0 Å². The van der Waals surface area contributed by atoms with E-state index < -0.39 is 5.60 Å². The van der Waals surface area contributed by atoms with Crippen molar-refractivity contribution < 1.29 is 9.84 Å². The van der Waals surface area contributed by atoms with E-state index in [2.05, 4.69) is 6.07 Å². The first kappa shape index (κ1) is 13.6. The Hall–Kier alpha value is -1.80. The summed E-state index contributed by atoms with van der Waals surface area (Å²) in [5, 5.41) is 10.7. The lowest BCUT2D eigenvalue weighted by molar-refractivity contribution is 0.0569. The lowest BCUT2D eigenvalue weighted by Gasteiger charge is -2.25. The minimum Gasteiger partial charge on any atom is -0.496 e. The maximum Gasteiger partial charge on any atom is 0.122 e. The molecule has 0 amide bonds. The molecule has 0 bridgehead atoms. The second kappa shape index (κ2) is 5.45. The summed E-state index contributed by atoms with van der Waals surface area (Å²) in [4.78, 5) is 0. The number of aryl methyl sites for hydroxylation is 1. The van der Waals surface area contributed by atoms with E-state index in [1.165, 1.54) is 5.56 Å². The zero-order chi connectivity index (χ0) is 13.9. The van der Waals surface area contributed by atoms with E-state index >= 15 is 0 Å². The van der Waals surface area contributed by atoms with Gasteiger partial charge in [-0.15, -0.1) is 0 Å². The van der Waals surface area contributed by atoms with Gasteiger partial charge in [0, 0.05) is 6.42 Å². The van der Waals surface area contributed by atoms with Crippen molar-refractivity contribution in [3.8, 4) is 5.75 Å². The molecule has 0 radical (unpaired) electrons. The largest absolute Gasteiger partial charge is 0.496 e. The maximum absolute atomic E-state index is 10.7. The van der Waals surface area contributed by atoms with Crippen molar-refractivity contribution in [2.24, 2.45) is 0 Å². The van der Waals surface area contributed by atoms with Crippen molar-refractivity contribution in [1.82, 2.24) is 0 Å². The molecule has 0 aromatic heterocycles. The van der Waals surface area contributed by atoms with Crippen LogP contribution in [0.15, 0.2) is 48.5 Å². The minimum atomic E-state index is -0.900. The van der Waals surface area contributed by atoms with Crippen molar-refractivity contribution in [2.75, 3.05) is 7.11 Å². The molecule has 0 saturated carbocycles. The number of ether oxygens (including phenoxy) is 1. The molecule has 0 aliphatic heterocycles. The Morgan fingerprint density at radius 3 is 2.42 bits per heavy atom. The van der Waals surface area contributed by atoms with E-state index in [9.17, 15) is 5.11 Å². The predicted octanol–water partition coefficient (Wildman–Crippen LogP) is 3.45. The van der Waals surface area contributed by atoms with Crippen LogP contribution in [0.2, 0.25) is 0 Å². The molecule has 0 heterocycles. The topological polar surface area (TPSA) is 29.5 Å². The van der Waals surface area contributed by atoms with Crippen LogP contribution in [0.3, 0.4) is 0 Å². The van der Waals surface area contributed by atoms with Gasteiger partial charge in [-0.05, 0) is 31.0 Å². The van der Waals surface area contributed by atoms with E-state index in [0.29, 0.717) is 6.42 Å². The molecule has 1 unspecified atom stereocenters. The van der Waals surface area contributed by atoms with E-state index in [-0.39, 0.29) is 0 Å². The molecular formula is C17H20O2. The van der Waals surface area contributed by atoms with E-state index in [0.717, 1.165) is 16.9 Å². The van der Waals surface area contributed by atoms with Crippen LogP contribution >= 0.6 is 0 Å². The number of methoxy groups -OCH3 is 1. The molecular weight excluding hydrogens is 236 g/mol. The van der Waals surface area contributed by atoms with Gasteiger partial charge in [0.2, 0.25) is 0 Å². The summed E-state index contributed by atoms with van der Waals surface area (Å²) in [6.07, 6.45) is 0.530. The highest BCUT2D eigenvalue weighted by atomic mass is 16.5. The van der Waals surface area contributed by atoms with Gasteiger partial charge in [-0.1, -0.05) is 48.0 Å². The van der Waals surface area contributed by atoms with Gasteiger partial charge >= 0.3 is 0 Å². The molecule has 0 spiro atoms. The molecule has 0 aliphatic carbocycles. The maximum atomic E-state index is 10.7. The number of benzene rings is 2. The molecule has 2 heteroatoms. The van der Waals surface area contributed by atoms with Gasteiger partial charge in [0.1, 0.15) is 5.75 Å². The Balaban J connectivity index is 2.32. The number of aliphatic hydroxyl groups is 1. The van der Waals surface area contributed by atoms with Gasteiger partial charge in [-0.2, -0.15) is 0 Å². The Labute approximate surface area is 114 Å². The van der Waals surface area contributed by atoms with E-state index in [4.69, 9.17) is 4.74 Å². The number of rotatable bonds is 4. The molecule has 0 aliphatic rings. The normalized spacial score (nSPS) is 13.9. The number of hydrogen-bond donors (Lipinski definition) is 1. The van der Waals surface area contributed by atoms with Crippen molar-refractivity contribution >= 4 is 0 Å². The van der Waals surface area contributed by atoms with Crippen molar-refractivity contribution in [3.05, 3.63) is 65.2 Å². The molecule has 0 saturated heterocycles. The average molecular weight is 256 g/mol. The quantitative estimate of drug-likeness (QED) is 0.907. The third-order valence-electron chi connectivity index (χ3n) is 3.37. The van der Waals surface area contributed by atoms with Crippen molar-refractivity contribution in [2.45, 2.75) is 25.9 Å². The SMILES string of the molecule is COc1ccc(C)cc1CC(C)(O)c1ccccc1. The molecule has 1 atom stereocenters. The summed E-state index contributed by atoms with van der Waals surface area (Å²) >= 11 is 0. The second-order valence-electron chi connectivity index (χ2n) is 5.13. The molecule has 2 nitrogen and oxygen atoms in total. The first-order chi connectivity index (χ1) is 9.03.